The van der Waals surface area contributed by atoms with Crippen molar-refractivity contribution >= 4 is 11.5 Å². The van der Waals surface area contributed by atoms with E-state index in [0.717, 1.165) is 28.4 Å². The van der Waals surface area contributed by atoms with Gasteiger partial charge in [0, 0.05) is 17.5 Å². The van der Waals surface area contributed by atoms with Crippen molar-refractivity contribution in [1.29, 1.82) is 0 Å². The molecule has 0 unspecified atom stereocenters. The van der Waals surface area contributed by atoms with Gasteiger partial charge in [0.25, 0.3) is 0 Å². The van der Waals surface area contributed by atoms with Crippen LogP contribution in [0.3, 0.4) is 0 Å². The number of rotatable bonds is 3. The summed E-state index contributed by atoms with van der Waals surface area (Å²) < 4.78 is 2.02. The molecule has 1 aliphatic rings. The summed E-state index contributed by atoms with van der Waals surface area (Å²) in [5.41, 5.74) is 3.92. The molecular weight excluding hydrogens is 312 g/mol. The Morgan fingerprint density at radius 1 is 1.04 bits per heavy atom. The fourth-order valence-electron chi connectivity index (χ4n) is 3.28. The van der Waals surface area contributed by atoms with Gasteiger partial charge < -0.3 is 0 Å². The first-order valence-electron chi connectivity index (χ1n) is 8.29. The summed E-state index contributed by atoms with van der Waals surface area (Å²) in [6, 6.07) is 17.8. The molecule has 2 heterocycles. The van der Waals surface area contributed by atoms with Crippen LogP contribution in [0.5, 0.6) is 0 Å². The molecule has 5 heteroatoms. The minimum atomic E-state index is -0.346. The number of aromatic nitrogens is 3. The fourth-order valence-corrected chi connectivity index (χ4v) is 3.28. The standard InChI is InChI=1S/C20H18N4O/c1-13(25)12-17-20-23-22-14(2)24(20)18-11-7-6-10-16(18)19(21-17)15-8-4-3-5-9-15/h3-11,17H,12H2,1-2H3/t17-/m0/s1. The predicted molar refractivity (Wildman–Crippen MR) is 96.2 cm³/mol. The summed E-state index contributed by atoms with van der Waals surface area (Å²) in [7, 11) is 0. The van der Waals surface area contributed by atoms with Crippen LogP contribution in [-0.2, 0) is 4.79 Å². The van der Waals surface area contributed by atoms with E-state index in [0.29, 0.717) is 12.2 Å². The lowest BCUT2D eigenvalue weighted by Crippen LogP contribution is -2.09. The highest BCUT2D eigenvalue weighted by Crippen LogP contribution is 2.32. The van der Waals surface area contributed by atoms with E-state index in [1.165, 1.54) is 0 Å². The van der Waals surface area contributed by atoms with Crippen LogP contribution in [0.2, 0.25) is 0 Å². The van der Waals surface area contributed by atoms with Gasteiger partial charge in [-0.1, -0.05) is 48.5 Å². The van der Waals surface area contributed by atoms with E-state index in [4.69, 9.17) is 4.99 Å². The molecule has 1 atom stereocenters. The smallest absolute Gasteiger partial charge is 0.162 e. The Hall–Kier alpha value is -3.08. The zero-order valence-corrected chi connectivity index (χ0v) is 14.2. The SMILES string of the molecule is CC(=O)C[C@@H]1N=C(c2ccccc2)c2ccccc2-n2c(C)nnc21. The van der Waals surface area contributed by atoms with Crippen LogP contribution in [-0.4, -0.2) is 26.3 Å². The number of hydrogen-bond acceptors (Lipinski definition) is 4. The molecule has 1 aromatic heterocycles. The normalized spacial score (nSPS) is 15.8. The largest absolute Gasteiger partial charge is 0.300 e. The van der Waals surface area contributed by atoms with E-state index >= 15 is 0 Å². The summed E-state index contributed by atoms with van der Waals surface area (Å²) in [6.07, 6.45) is 0.308. The van der Waals surface area contributed by atoms with E-state index in [9.17, 15) is 4.79 Å². The maximum atomic E-state index is 11.8. The van der Waals surface area contributed by atoms with Gasteiger partial charge in [0.15, 0.2) is 5.82 Å². The number of benzene rings is 2. The molecule has 5 nitrogen and oxygen atoms in total. The Bertz CT molecular complexity index is 972. The molecule has 0 aliphatic carbocycles. The number of fused-ring (bicyclic) bond motifs is 3. The predicted octanol–water partition coefficient (Wildman–Crippen LogP) is 3.45. The van der Waals surface area contributed by atoms with Crippen LogP contribution >= 0.6 is 0 Å². The molecular formula is C20H18N4O. The number of carbonyl (C=O) groups excluding carboxylic acids is 1. The van der Waals surface area contributed by atoms with Crippen LogP contribution in [0, 0.1) is 6.92 Å². The highest BCUT2D eigenvalue weighted by molar-refractivity contribution is 6.15. The first-order chi connectivity index (χ1) is 12.1. The molecule has 4 rings (SSSR count). The minimum Gasteiger partial charge on any atom is -0.300 e. The van der Waals surface area contributed by atoms with Crippen LogP contribution in [0.4, 0.5) is 0 Å². The first-order valence-corrected chi connectivity index (χ1v) is 8.29. The quantitative estimate of drug-likeness (QED) is 0.739. The fraction of sp³-hybridized carbons (Fsp3) is 0.200. The average Bonchev–Trinajstić information content (AvgIpc) is 2.94. The van der Waals surface area contributed by atoms with E-state index < -0.39 is 0 Å². The third-order valence-corrected chi connectivity index (χ3v) is 4.36. The monoisotopic (exact) mass is 330 g/mol. The van der Waals surface area contributed by atoms with Crippen LogP contribution < -0.4 is 0 Å². The molecule has 0 radical (unpaired) electrons. The van der Waals surface area contributed by atoms with Gasteiger partial charge >= 0.3 is 0 Å². The molecule has 0 fully saturated rings. The summed E-state index contributed by atoms with van der Waals surface area (Å²) in [4.78, 5) is 16.8. The van der Waals surface area contributed by atoms with Crippen molar-refractivity contribution in [2.75, 3.05) is 0 Å². The number of Topliss-reactive ketones (excluding diaryl/α,β-unsaturated/α-hetero) is 1. The number of aliphatic imine (C=N–C) groups is 1. The second-order valence-electron chi connectivity index (χ2n) is 6.22. The molecule has 0 N–H and O–H groups in total. The Labute approximate surface area is 146 Å². The van der Waals surface area contributed by atoms with Gasteiger partial charge in [0.2, 0.25) is 0 Å². The minimum absolute atomic E-state index is 0.0827. The lowest BCUT2D eigenvalue weighted by molar-refractivity contribution is -0.117. The number of nitrogens with zero attached hydrogens (tertiary/aromatic N) is 4. The maximum Gasteiger partial charge on any atom is 0.162 e. The van der Waals surface area contributed by atoms with Crippen LogP contribution in [0.1, 0.15) is 42.2 Å². The first kappa shape index (κ1) is 15.4. The van der Waals surface area contributed by atoms with Crippen molar-refractivity contribution in [2.45, 2.75) is 26.3 Å². The van der Waals surface area contributed by atoms with Crippen LogP contribution in [0.25, 0.3) is 5.69 Å². The number of carbonyl (C=O) groups is 1. The highest BCUT2D eigenvalue weighted by Gasteiger charge is 2.28. The summed E-state index contributed by atoms with van der Waals surface area (Å²) in [5.74, 6) is 1.59. The van der Waals surface area contributed by atoms with Crippen molar-refractivity contribution in [3.05, 3.63) is 77.4 Å². The highest BCUT2D eigenvalue weighted by atomic mass is 16.1. The van der Waals surface area contributed by atoms with Gasteiger partial charge in [-0.05, 0) is 19.9 Å². The third kappa shape index (κ3) is 2.67. The zero-order valence-electron chi connectivity index (χ0n) is 14.2. The number of aryl methyl sites for hydroxylation is 1. The average molecular weight is 330 g/mol. The Morgan fingerprint density at radius 3 is 2.52 bits per heavy atom. The van der Waals surface area contributed by atoms with E-state index in [2.05, 4.69) is 16.3 Å². The lowest BCUT2D eigenvalue weighted by atomic mass is 10.0. The molecule has 0 saturated heterocycles. The summed E-state index contributed by atoms with van der Waals surface area (Å²) in [5, 5.41) is 8.56. The zero-order chi connectivity index (χ0) is 17.4. The van der Waals surface area contributed by atoms with Crippen molar-refractivity contribution in [3.8, 4) is 5.69 Å². The lowest BCUT2D eigenvalue weighted by Gasteiger charge is -2.12. The van der Waals surface area contributed by atoms with Crippen molar-refractivity contribution in [2.24, 2.45) is 4.99 Å². The molecule has 3 aromatic rings. The van der Waals surface area contributed by atoms with Gasteiger partial charge in [-0.3, -0.25) is 14.4 Å². The maximum absolute atomic E-state index is 11.8. The van der Waals surface area contributed by atoms with Crippen molar-refractivity contribution in [3.63, 3.8) is 0 Å². The van der Waals surface area contributed by atoms with E-state index in [1.807, 2.05) is 60.0 Å². The Morgan fingerprint density at radius 2 is 1.76 bits per heavy atom. The molecule has 25 heavy (non-hydrogen) atoms. The molecule has 0 saturated carbocycles. The molecule has 0 bridgehead atoms. The van der Waals surface area contributed by atoms with Gasteiger partial charge in [-0.15, -0.1) is 10.2 Å². The van der Waals surface area contributed by atoms with Crippen molar-refractivity contribution in [1.82, 2.24) is 14.8 Å². The Balaban J connectivity index is 2.01. The molecule has 0 spiro atoms. The second kappa shape index (κ2) is 6.09. The molecule has 1 aliphatic heterocycles. The Kier molecular flexibility index (Phi) is 3.76. The molecule has 2 aromatic carbocycles. The van der Waals surface area contributed by atoms with Gasteiger partial charge in [-0.25, -0.2) is 0 Å². The van der Waals surface area contributed by atoms with Crippen LogP contribution in [0.15, 0.2) is 59.6 Å². The number of hydrogen-bond donors (Lipinski definition) is 0. The molecule has 0 amide bonds. The number of ketones is 1. The van der Waals surface area contributed by atoms with E-state index in [-0.39, 0.29) is 11.8 Å². The second-order valence-corrected chi connectivity index (χ2v) is 6.22. The van der Waals surface area contributed by atoms with Gasteiger partial charge in [0.1, 0.15) is 17.6 Å². The topological polar surface area (TPSA) is 60.1 Å². The summed E-state index contributed by atoms with van der Waals surface area (Å²) in [6.45, 7) is 3.51. The van der Waals surface area contributed by atoms with Gasteiger partial charge in [-0.2, -0.15) is 0 Å². The van der Waals surface area contributed by atoms with E-state index in [1.54, 1.807) is 6.92 Å². The van der Waals surface area contributed by atoms with Gasteiger partial charge in [0.05, 0.1) is 11.4 Å². The van der Waals surface area contributed by atoms with Crippen molar-refractivity contribution < 1.29 is 4.79 Å². The third-order valence-electron chi connectivity index (χ3n) is 4.36. The summed E-state index contributed by atoms with van der Waals surface area (Å²) >= 11 is 0. The molecule has 124 valence electrons. The number of para-hydroxylation sites is 1.